The topological polar surface area (TPSA) is 71.3 Å². The van der Waals surface area contributed by atoms with Crippen LogP contribution in [0.4, 0.5) is 4.39 Å². The second kappa shape index (κ2) is 9.64. The van der Waals surface area contributed by atoms with Crippen molar-refractivity contribution in [3.63, 3.8) is 0 Å². The van der Waals surface area contributed by atoms with Gasteiger partial charge in [-0.3, -0.25) is 4.79 Å². The maximum Gasteiger partial charge on any atom is 0.234 e. The first-order valence-electron chi connectivity index (χ1n) is 7.91. The van der Waals surface area contributed by atoms with Crippen LogP contribution in [0.5, 0.6) is 11.5 Å². The highest BCUT2D eigenvalue weighted by Crippen LogP contribution is 2.27. The molecule has 0 fully saturated rings. The molecule has 1 N–H and O–H groups in total. The van der Waals surface area contributed by atoms with Crippen LogP contribution in [0.15, 0.2) is 36.4 Å². The van der Waals surface area contributed by atoms with Gasteiger partial charge in [0.2, 0.25) is 5.91 Å². The van der Waals surface area contributed by atoms with Gasteiger partial charge in [0.15, 0.2) is 0 Å². The largest absolute Gasteiger partial charge is 0.497 e. The minimum absolute atomic E-state index is 0.0353. The molecule has 0 aliphatic rings. The zero-order chi connectivity index (χ0) is 18.9. The molecule has 2 aromatic carbocycles. The molecule has 2 aromatic rings. The van der Waals surface area contributed by atoms with Crippen LogP contribution in [0.25, 0.3) is 0 Å². The first-order chi connectivity index (χ1) is 12.5. The van der Waals surface area contributed by atoms with Crippen LogP contribution in [0.1, 0.15) is 17.5 Å². The molecular formula is C19H18ClFN2O3. The number of benzene rings is 2. The van der Waals surface area contributed by atoms with Crippen molar-refractivity contribution < 1.29 is 18.7 Å². The van der Waals surface area contributed by atoms with Gasteiger partial charge in [-0.1, -0.05) is 23.7 Å². The zero-order valence-electron chi connectivity index (χ0n) is 14.2. The molecule has 1 amide bonds. The first-order valence-corrected chi connectivity index (χ1v) is 8.29. The Morgan fingerprint density at radius 2 is 2.15 bits per heavy atom. The highest BCUT2D eigenvalue weighted by Gasteiger charge is 2.11. The third kappa shape index (κ3) is 5.36. The number of amides is 1. The number of methoxy groups -OCH3 is 1. The molecule has 0 aromatic heterocycles. The number of carbonyl (C=O) groups excluding carboxylic acids is 1. The standard InChI is InChI=1S/C19H18ClFN2O3/c1-25-14-6-5-13(8-10-23-19(24)7-9-22)18(11-14)26-12-15-16(20)3-2-4-17(15)21/h2-6,11H,7-8,10,12H2,1H3,(H,23,24). The molecule has 0 aliphatic carbocycles. The van der Waals surface area contributed by atoms with Crippen LogP contribution in [-0.2, 0) is 17.8 Å². The monoisotopic (exact) mass is 376 g/mol. The van der Waals surface area contributed by atoms with Gasteiger partial charge in [0.05, 0.1) is 18.2 Å². The molecule has 0 saturated heterocycles. The van der Waals surface area contributed by atoms with E-state index in [1.807, 2.05) is 6.07 Å². The smallest absolute Gasteiger partial charge is 0.234 e. The fourth-order valence-electron chi connectivity index (χ4n) is 2.29. The zero-order valence-corrected chi connectivity index (χ0v) is 15.0. The second-order valence-electron chi connectivity index (χ2n) is 5.40. The Balaban J connectivity index is 2.10. The van der Waals surface area contributed by atoms with Gasteiger partial charge in [-0.25, -0.2) is 4.39 Å². The maximum absolute atomic E-state index is 13.9. The number of nitrogens with zero attached hydrogens (tertiary/aromatic N) is 1. The van der Waals surface area contributed by atoms with Gasteiger partial charge in [-0.05, 0) is 30.2 Å². The Kier molecular flexibility index (Phi) is 7.24. The lowest BCUT2D eigenvalue weighted by atomic mass is 10.1. The third-order valence-corrected chi connectivity index (χ3v) is 4.02. The van der Waals surface area contributed by atoms with E-state index in [4.69, 9.17) is 26.3 Å². The molecule has 0 aliphatic heterocycles. The molecular weight excluding hydrogens is 359 g/mol. The predicted molar refractivity (Wildman–Crippen MR) is 95.7 cm³/mol. The van der Waals surface area contributed by atoms with Gasteiger partial charge < -0.3 is 14.8 Å². The average molecular weight is 377 g/mol. The van der Waals surface area contributed by atoms with Crippen molar-refractivity contribution >= 4 is 17.5 Å². The summed E-state index contributed by atoms with van der Waals surface area (Å²) >= 11 is 6.02. The van der Waals surface area contributed by atoms with E-state index < -0.39 is 5.82 Å². The normalized spacial score (nSPS) is 10.1. The van der Waals surface area contributed by atoms with Gasteiger partial charge in [0.25, 0.3) is 0 Å². The highest BCUT2D eigenvalue weighted by molar-refractivity contribution is 6.31. The molecule has 0 spiro atoms. The number of carbonyl (C=O) groups is 1. The summed E-state index contributed by atoms with van der Waals surface area (Å²) in [6.07, 6.45) is 0.305. The van der Waals surface area contributed by atoms with Gasteiger partial charge >= 0.3 is 0 Å². The second-order valence-corrected chi connectivity index (χ2v) is 5.80. The fourth-order valence-corrected chi connectivity index (χ4v) is 2.51. The van der Waals surface area contributed by atoms with E-state index in [0.717, 1.165) is 5.56 Å². The predicted octanol–water partition coefficient (Wildman–Crippen LogP) is 3.64. The SMILES string of the molecule is COc1ccc(CCNC(=O)CC#N)c(OCc2c(F)cccc2Cl)c1. The molecule has 2 rings (SSSR count). The van der Waals surface area contributed by atoms with Crippen LogP contribution < -0.4 is 14.8 Å². The molecule has 7 heteroatoms. The van der Waals surface area contributed by atoms with Crippen LogP contribution >= 0.6 is 11.6 Å². The number of halogens is 2. The van der Waals surface area contributed by atoms with Crippen LogP contribution in [-0.4, -0.2) is 19.6 Å². The molecule has 0 radical (unpaired) electrons. The van der Waals surface area contributed by atoms with E-state index in [1.165, 1.54) is 19.2 Å². The summed E-state index contributed by atoms with van der Waals surface area (Å²) in [6, 6.07) is 11.5. The average Bonchev–Trinajstić information content (AvgIpc) is 2.62. The Bertz CT molecular complexity index is 801. The van der Waals surface area contributed by atoms with Crippen molar-refractivity contribution in [2.24, 2.45) is 0 Å². The lowest BCUT2D eigenvalue weighted by Gasteiger charge is -2.14. The first kappa shape index (κ1) is 19.5. The Morgan fingerprint density at radius 1 is 1.35 bits per heavy atom. The van der Waals surface area contributed by atoms with Crippen LogP contribution in [0.2, 0.25) is 5.02 Å². The van der Waals surface area contributed by atoms with Gasteiger partial charge in [0, 0.05) is 18.2 Å². The number of nitrogens with one attached hydrogen (secondary N) is 1. The maximum atomic E-state index is 13.9. The molecule has 26 heavy (non-hydrogen) atoms. The lowest BCUT2D eigenvalue weighted by Crippen LogP contribution is -2.25. The number of ether oxygens (including phenoxy) is 2. The van der Waals surface area contributed by atoms with Crippen molar-refractivity contribution in [2.45, 2.75) is 19.4 Å². The summed E-state index contributed by atoms with van der Waals surface area (Å²) in [4.78, 5) is 11.4. The van der Waals surface area contributed by atoms with Crippen LogP contribution in [0, 0.1) is 17.1 Å². The Labute approximate surface area is 156 Å². The fraction of sp³-hybridized carbons (Fsp3) is 0.263. The van der Waals surface area contributed by atoms with Crippen molar-refractivity contribution in [3.05, 3.63) is 58.4 Å². The Hall–Kier alpha value is -2.78. The summed E-state index contributed by atoms with van der Waals surface area (Å²) in [5.41, 5.74) is 1.08. The van der Waals surface area contributed by atoms with E-state index >= 15 is 0 Å². The number of hydrogen-bond acceptors (Lipinski definition) is 4. The Morgan fingerprint density at radius 3 is 2.85 bits per heavy atom. The van der Waals surface area contributed by atoms with E-state index in [-0.39, 0.29) is 24.5 Å². The number of hydrogen-bond donors (Lipinski definition) is 1. The van der Waals surface area contributed by atoms with Gasteiger partial charge in [-0.2, -0.15) is 5.26 Å². The summed E-state index contributed by atoms with van der Waals surface area (Å²) in [5.74, 6) is 0.336. The van der Waals surface area contributed by atoms with Gasteiger partial charge in [-0.15, -0.1) is 0 Å². The van der Waals surface area contributed by atoms with Crippen LogP contribution in [0.3, 0.4) is 0 Å². The summed E-state index contributed by atoms with van der Waals surface area (Å²) in [7, 11) is 1.54. The summed E-state index contributed by atoms with van der Waals surface area (Å²) in [6.45, 7) is 0.316. The number of nitriles is 1. The highest BCUT2D eigenvalue weighted by atomic mass is 35.5. The van der Waals surface area contributed by atoms with E-state index in [0.29, 0.717) is 29.5 Å². The lowest BCUT2D eigenvalue weighted by molar-refractivity contribution is -0.120. The summed E-state index contributed by atoms with van der Waals surface area (Å²) in [5, 5.41) is 11.4. The van der Waals surface area contributed by atoms with Crippen molar-refractivity contribution in [2.75, 3.05) is 13.7 Å². The van der Waals surface area contributed by atoms with E-state index in [9.17, 15) is 9.18 Å². The quantitative estimate of drug-likeness (QED) is 0.763. The van der Waals surface area contributed by atoms with Crippen molar-refractivity contribution in [1.82, 2.24) is 5.32 Å². The van der Waals surface area contributed by atoms with Gasteiger partial charge in [0.1, 0.15) is 30.3 Å². The van der Waals surface area contributed by atoms with Crippen molar-refractivity contribution in [3.8, 4) is 17.6 Å². The van der Waals surface area contributed by atoms with E-state index in [1.54, 1.807) is 24.3 Å². The van der Waals surface area contributed by atoms with Crippen molar-refractivity contribution in [1.29, 1.82) is 5.26 Å². The molecule has 0 bridgehead atoms. The molecule has 0 unspecified atom stereocenters. The number of rotatable bonds is 8. The minimum Gasteiger partial charge on any atom is -0.497 e. The minimum atomic E-state index is -0.439. The third-order valence-electron chi connectivity index (χ3n) is 3.66. The summed E-state index contributed by atoms with van der Waals surface area (Å²) < 4.78 is 24.9. The van der Waals surface area contributed by atoms with E-state index in [2.05, 4.69) is 5.32 Å². The molecule has 0 saturated carbocycles. The molecule has 0 atom stereocenters. The molecule has 136 valence electrons. The molecule has 0 heterocycles. The molecule has 5 nitrogen and oxygen atoms in total.